The van der Waals surface area contributed by atoms with Gasteiger partial charge in [0.2, 0.25) is 5.91 Å². The first-order valence-corrected chi connectivity index (χ1v) is 9.59. The van der Waals surface area contributed by atoms with Gasteiger partial charge in [-0.3, -0.25) is 14.6 Å². The van der Waals surface area contributed by atoms with E-state index in [1.165, 1.54) is 5.56 Å². The summed E-state index contributed by atoms with van der Waals surface area (Å²) in [7, 11) is 1.62. The zero-order chi connectivity index (χ0) is 19.2. The SMILES string of the molecule is COc1cccc(NC(=O)[C@@H](C)N2CCN(Cc3cccc(Cl)c3)CC2)c1. The van der Waals surface area contributed by atoms with E-state index in [0.717, 1.165) is 49.2 Å². The second kappa shape index (κ2) is 9.22. The summed E-state index contributed by atoms with van der Waals surface area (Å²) >= 11 is 6.07. The summed E-state index contributed by atoms with van der Waals surface area (Å²) in [6.07, 6.45) is 0. The number of ether oxygens (including phenoxy) is 1. The summed E-state index contributed by atoms with van der Waals surface area (Å²) in [6, 6.07) is 15.2. The molecular formula is C21H26ClN3O2. The normalized spacial score (nSPS) is 16.7. The molecule has 1 saturated heterocycles. The van der Waals surface area contributed by atoms with Gasteiger partial charge in [-0.2, -0.15) is 0 Å². The van der Waals surface area contributed by atoms with Gasteiger partial charge >= 0.3 is 0 Å². The first-order chi connectivity index (χ1) is 13.0. The van der Waals surface area contributed by atoms with Crippen LogP contribution in [-0.4, -0.2) is 55.0 Å². The number of nitrogens with one attached hydrogen (secondary N) is 1. The molecule has 1 aliphatic heterocycles. The number of benzene rings is 2. The molecule has 2 aromatic rings. The standard InChI is InChI=1S/C21H26ClN3O2/c1-16(21(26)23-19-7-4-8-20(14-19)27-2)25-11-9-24(10-12-25)15-17-5-3-6-18(22)13-17/h3-8,13-14,16H,9-12,15H2,1-2H3,(H,23,26)/t16-/m1/s1. The summed E-state index contributed by atoms with van der Waals surface area (Å²) in [4.78, 5) is 17.2. The number of hydrogen-bond donors (Lipinski definition) is 1. The Kier molecular flexibility index (Phi) is 6.72. The van der Waals surface area contributed by atoms with E-state index in [9.17, 15) is 4.79 Å². The van der Waals surface area contributed by atoms with Crippen LogP contribution in [0.4, 0.5) is 5.69 Å². The molecule has 27 heavy (non-hydrogen) atoms. The molecule has 1 amide bonds. The number of carbonyl (C=O) groups is 1. The summed E-state index contributed by atoms with van der Waals surface area (Å²) in [5.41, 5.74) is 1.98. The third kappa shape index (κ3) is 5.45. The number of halogens is 1. The monoisotopic (exact) mass is 387 g/mol. The van der Waals surface area contributed by atoms with Crippen molar-refractivity contribution in [2.75, 3.05) is 38.6 Å². The van der Waals surface area contributed by atoms with Crippen LogP contribution in [0.15, 0.2) is 48.5 Å². The highest BCUT2D eigenvalue weighted by Gasteiger charge is 2.25. The van der Waals surface area contributed by atoms with Crippen LogP contribution in [0.2, 0.25) is 5.02 Å². The molecule has 0 aromatic heterocycles. The summed E-state index contributed by atoms with van der Waals surface area (Å²) in [5.74, 6) is 0.738. The molecule has 0 spiro atoms. The molecule has 1 atom stereocenters. The molecule has 0 bridgehead atoms. The molecule has 1 aliphatic rings. The molecule has 3 rings (SSSR count). The van der Waals surface area contributed by atoms with Gasteiger partial charge in [0.15, 0.2) is 0 Å². The van der Waals surface area contributed by atoms with Gasteiger partial charge < -0.3 is 10.1 Å². The predicted octanol–water partition coefficient (Wildman–Crippen LogP) is 3.49. The number of amides is 1. The largest absolute Gasteiger partial charge is 0.497 e. The lowest BCUT2D eigenvalue weighted by atomic mass is 10.1. The van der Waals surface area contributed by atoms with Crippen molar-refractivity contribution < 1.29 is 9.53 Å². The zero-order valence-corrected chi connectivity index (χ0v) is 16.6. The predicted molar refractivity (Wildman–Crippen MR) is 109 cm³/mol. The van der Waals surface area contributed by atoms with E-state index >= 15 is 0 Å². The highest BCUT2D eigenvalue weighted by atomic mass is 35.5. The van der Waals surface area contributed by atoms with Crippen LogP contribution in [-0.2, 0) is 11.3 Å². The fourth-order valence-corrected chi connectivity index (χ4v) is 3.53. The lowest BCUT2D eigenvalue weighted by Crippen LogP contribution is -2.52. The van der Waals surface area contributed by atoms with Gasteiger partial charge in [0.1, 0.15) is 5.75 Å². The summed E-state index contributed by atoms with van der Waals surface area (Å²) < 4.78 is 5.21. The van der Waals surface area contributed by atoms with Crippen LogP contribution in [0.1, 0.15) is 12.5 Å². The zero-order valence-electron chi connectivity index (χ0n) is 15.8. The maximum absolute atomic E-state index is 12.6. The molecule has 0 radical (unpaired) electrons. The third-order valence-electron chi connectivity index (χ3n) is 4.97. The molecule has 0 unspecified atom stereocenters. The lowest BCUT2D eigenvalue weighted by Gasteiger charge is -2.37. The average Bonchev–Trinajstić information content (AvgIpc) is 2.68. The minimum atomic E-state index is -0.176. The molecule has 2 aromatic carbocycles. The van der Waals surface area contributed by atoms with E-state index in [2.05, 4.69) is 21.2 Å². The fourth-order valence-electron chi connectivity index (χ4n) is 3.32. The van der Waals surface area contributed by atoms with Gasteiger partial charge in [0.05, 0.1) is 13.2 Å². The molecular weight excluding hydrogens is 362 g/mol. The van der Waals surface area contributed by atoms with E-state index in [4.69, 9.17) is 16.3 Å². The van der Waals surface area contributed by atoms with Crippen molar-refractivity contribution in [3.63, 3.8) is 0 Å². The van der Waals surface area contributed by atoms with Crippen LogP contribution in [0.5, 0.6) is 5.75 Å². The fraction of sp³-hybridized carbons (Fsp3) is 0.381. The van der Waals surface area contributed by atoms with E-state index in [1.54, 1.807) is 7.11 Å². The lowest BCUT2D eigenvalue weighted by molar-refractivity contribution is -0.121. The number of methoxy groups -OCH3 is 1. The van der Waals surface area contributed by atoms with Crippen molar-refractivity contribution in [2.45, 2.75) is 19.5 Å². The third-order valence-corrected chi connectivity index (χ3v) is 5.20. The molecule has 0 aliphatic carbocycles. The minimum Gasteiger partial charge on any atom is -0.497 e. The quantitative estimate of drug-likeness (QED) is 0.824. The molecule has 1 fully saturated rings. The maximum Gasteiger partial charge on any atom is 0.241 e. The van der Waals surface area contributed by atoms with Crippen molar-refractivity contribution in [1.29, 1.82) is 0 Å². The Balaban J connectivity index is 1.50. The Morgan fingerprint density at radius 2 is 1.89 bits per heavy atom. The molecule has 1 N–H and O–H groups in total. The van der Waals surface area contributed by atoms with E-state index in [-0.39, 0.29) is 11.9 Å². The molecule has 144 valence electrons. The van der Waals surface area contributed by atoms with Gasteiger partial charge in [-0.25, -0.2) is 0 Å². The van der Waals surface area contributed by atoms with Crippen LogP contribution in [0.25, 0.3) is 0 Å². The smallest absolute Gasteiger partial charge is 0.241 e. The first-order valence-electron chi connectivity index (χ1n) is 9.21. The highest BCUT2D eigenvalue weighted by molar-refractivity contribution is 6.30. The number of piperazine rings is 1. The highest BCUT2D eigenvalue weighted by Crippen LogP contribution is 2.18. The van der Waals surface area contributed by atoms with Crippen molar-refractivity contribution in [2.24, 2.45) is 0 Å². The van der Waals surface area contributed by atoms with Gasteiger partial charge in [-0.05, 0) is 36.8 Å². The van der Waals surface area contributed by atoms with Crippen LogP contribution in [0, 0.1) is 0 Å². The first kappa shape index (κ1) is 19.7. The Labute approximate surface area is 165 Å². The van der Waals surface area contributed by atoms with E-state index in [1.807, 2.05) is 49.4 Å². The van der Waals surface area contributed by atoms with Crippen molar-refractivity contribution >= 4 is 23.2 Å². The van der Waals surface area contributed by atoms with Crippen LogP contribution in [0.3, 0.4) is 0 Å². The molecule has 6 heteroatoms. The topological polar surface area (TPSA) is 44.8 Å². The number of nitrogens with zero attached hydrogens (tertiary/aromatic N) is 2. The minimum absolute atomic E-state index is 0.00606. The Morgan fingerprint density at radius 3 is 2.59 bits per heavy atom. The summed E-state index contributed by atoms with van der Waals surface area (Å²) in [6.45, 7) is 6.45. The van der Waals surface area contributed by atoms with Crippen molar-refractivity contribution in [1.82, 2.24) is 9.80 Å². The Morgan fingerprint density at radius 1 is 1.15 bits per heavy atom. The second-order valence-electron chi connectivity index (χ2n) is 6.84. The number of carbonyl (C=O) groups excluding carboxylic acids is 1. The van der Waals surface area contributed by atoms with Gasteiger partial charge in [-0.1, -0.05) is 29.8 Å². The van der Waals surface area contributed by atoms with Crippen LogP contribution >= 0.6 is 11.6 Å². The number of hydrogen-bond acceptors (Lipinski definition) is 4. The molecule has 5 nitrogen and oxygen atoms in total. The second-order valence-corrected chi connectivity index (χ2v) is 7.28. The molecule has 0 saturated carbocycles. The van der Waals surface area contributed by atoms with Gasteiger partial charge in [0.25, 0.3) is 0 Å². The summed E-state index contributed by atoms with van der Waals surface area (Å²) in [5, 5.41) is 3.75. The van der Waals surface area contributed by atoms with Crippen LogP contribution < -0.4 is 10.1 Å². The number of rotatable bonds is 6. The molecule has 1 heterocycles. The van der Waals surface area contributed by atoms with E-state index < -0.39 is 0 Å². The van der Waals surface area contributed by atoms with Gasteiger partial charge in [-0.15, -0.1) is 0 Å². The van der Waals surface area contributed by atoms with Crippen molar-refractivity contribution in [3.8, 4) is 5.75 Å². The average molecular weight is 388 g/mol. The Bertz CT molecular complexity index is 776. The maximum atomic E-state index is 12.6. The Hall–Kier alpha value is -2.08. The number of anilines is 1. The van der Waals surface area contributed by atoms with E-state index in [0.29, 0.717) is 0 Å². The van der Waals surface area contributed by atoms with Crippen molar-refractivity contribution in [3.05, 3.63) is 59.1 Å². The van der Waals surface area contributed by atoms with Gasteiger partial charge in [0, 0.05) is 49.5 Å².